The molecule has 0 saturated heterocycles. The lowest BCUT2D eigenvalue weighted by molar-refractivity contribution is -0.140. The average Bonchev–Trinajstić information content (AvgIpc) is 3.08. The standard InChI is InChI=1S/C16H19N3O5/c1-4-9(2)12(16(21)22)17-14(20)13-18-15(24-19-13)10-6-5-7-11(8-10)23-3/h5-9,12H,4H2,1-3H3,(H,17,20)(H,21,22)/t9-,12-/m0/s1. The van der Waals surface area contributed by atoms with Gasteiger partial charge in [0, 0.05) is 5.56 Å². The molecule has 0 unspecified atom stereocenters. The molecule has 0 spiro atoms. The molecule has 0 fully saturated rings. The summed E-state index contributed by atoms with van der Waals surface area (Å²) >= 11 is 0. The summed E-state index contributed by atoms with van der Waals surface area (Å²) in [6.07, 6.45) is 0.610. The molecule has 0 saturated carbocycles. The number of carbonyl (C=O) groups excluding carboxylic acids is 1. The van der Waals surface area contributed by atoms with Gasteiger partial charge in [-0.15, -0.1) is 0 Å². The average molecular weight is 333 g/mol. The third kappa shape index (κ3) is 3.89. The molecule has 2 aromatic rings. The van der Waals surface area contributed by atoms with Crippen LogP contribution in [-0.2, 0) is 4.79 Å². The van der Waals surface area contributed by atoms with Crippen LogP contribution >= 0.6 is 0 Å². The van der Waals surface area contributed by atoms with E-state index in [2.05, 4.69) is 15.5 Å². The molecule has 8 nitrogen and oxygen atoms in total. The van der Waals surface area contributed by atoms with Crippen LogP contribution in [0.15, 0.2) is 28.8 Å². The van der Waals surface area contributed by atoms with Gasteiger partial charge in [-0.05, 0) is 24.1 Å². The predicted octanol–water partition coefficient (Wildman–Crippen LogP) is 1.97. The predicted molar refractivity (Wildman–Crippen MR) is 84.6 cm³/mol. The van der Waals surface area contributed by atoms with Crippen LogP contribution in [0.4, 0.5) is 0 Å². The van der Waals surface area contributed by atoms with Gasteiger partial charge in [-0.25, -0.2) is 4.79 Å². The topological polar surface area (TPSA) is 115 Å². The lowest BCUT2D eigenvalue weighted by atomic mass is 9.99. The number of aromatic nitrogens is 2. The first kappa shape index (κ1) is 17.5. The van der Waals surface area contributed by atoms with Gasteiger partial charge in [-0.3, -0.25) is 4.79 Å². The number of amides is 1. The number of carboxylic acids is 1. The second-order valence-corrected chi connectivity index (χ2v) is 5.33. The maximum Gasteiger partial charge on any atom is 0.326 e. The number of hydrogen-bond donors (Lipinski definition) is 2. The molecule has 128 valence electrons. The van der Waals surface area contributed by atoms with Crippen molar-refractivity contribution in [2.24, 2.45) is 5.92 Å². The number of nitrogens with zero attached hydrogens (tertiary/aromatic N) is 2. The Morgan fingerprint density at radius 3 is 2.79 bits per heavy atom. The van der Waals surface area contributed by atoms with Crippen molar-refractivity contribution in [1.29, 1.82) is 0 Å². The van der Waals surface area contributed by atoms with E-state index in [1.807, 2.05) is 6.92 Å². The van der Waals surface area contributed by atoms with Gasteiger partial charge in [0.05, 0.1) is 7.11 Å². The first-order valence-corrected chi connectivity index (χ1v) is 7.48. The van der Waals surface area contributed by atoms with Gasteiger partial charge in [-0.1, -0.05) is 31.5 Å². The fourth-order valence-corrected chi connectivity index (χ4v) is 2.08. The second-order valence-electron chi connectivity index (χ2n) is 5.33. The SMILES string of the molecule is CC[C@H](C)[C@H](NC(=O)c1noc(-c2cccc(OC)c2)n1)C(=O)O. The molecule has 1 aromatic carbocycles. The van der Waals surface area contributed by atoms with Gasteiger partial charge < -0.3 is 19.7 Å². The number of benzene rings is 1. The Hall–Kier alpha value is -2.90. The van der Waals surface area contributed by atoms with Crippen molar-refractivity contribution in [3.8, 4) is 17.2 Å². The largest absolute Gasteiger partial charge is 0.497 e. The van der Waals surface area contributed by atoms with Crippen LogP contribution in [0, 0.1) is 5.92 Å². The van der Waals surface area contributed by atoms with Crippen LogP contribution in [0.3, 0.4) is 0 Å². The normalized spacial score (nSPS) is 13.1. The van der Waals surface area contributed by atoms with Gasteiger partial charge in [-0.2, -0.15) is 4.98 Å². The van der Waals surface area contributed by atoms with E-state index in [0.29, 0.717) is 17.7 Å². The zero-order chi connectivity index (χ0) is 17.7. The zero-order valence-corrected chi connectivity index (χ0v) is 13.6. The summed E-state index contributed by atoms with van der Waals surface area (Å²) in [5.74, 6) is -1.48. The molecule has 1 heterocycles. The van der Waals surface area contributed by atoms with Gasteiger partial charge in [0.2, 0.25) is 0 Å². The number of methoxy groups -OCH3 is 1. The van der Waals surface area contributed by atoms with Crippen LogP contribution in [0.25, 0.3) is 11.5 Å². The van der Waals surface area contributed by atoms with Crippen LogP contribution in [0.1, 0.15) is 30.9 Å². The minimum Gasteiger partial charge on any atom is -0.497 e. The molecule has 0 bridgehead atoms. The van der Waals surface area contributed by atoms with Crippen molar-refractivity contribution >= 4 is 11.9 Å². The first-order valence-electron chi connectivity index (χ1n) is 7.48. The number of ether oxygens (including phenoxy) is 1. The van der Waals surface area contributed by atoms with Crippen LogP contribution in [-0.4, -0.2) is 40.3 Å². The summed E-state index contributed by atoms with van der Waals surface area (Å²) in [6.45, 7) is 3.60. The minimum absolute atomic E-state index is 0.148. The van der Waals surface area contributed by atoms with E-state index in [0.717, 1.165) is 0 Å². The van der Waals surface area contributed by atoms with Crippen molar-refractivity contribution in [3.05, 3.63) is 30.1 Å². The molecule has 0 aliphatic rings. The Balaban J connectivity index is 2.17. The van der Waals surface area contributed by atoms with E-state index in [-0.39, 0.29) is 17.6 Å². The first-order chi connectivity index (χ1) is 11.5. The molecule has 1 aromatic heterocycles. The lowest BCUT2D eigenvalue weighted by Gasteiger charge is -2.18. The van der Waals surface area contributed by atoms with Crippen LogP contribution < -0.4 is 10.1 Å². The van der Waals surface area contributed by atoms with Gasteiger partial charge >= 0.3 is 5.97 Å². The van der Waals surface area contributed by atoms with Crippen molar-refractivity contribution < 1.29 is 24.0 Å². The highest BCUT2D eigenvalue weighted by Gasteiger charge is 2.27. The van der Waals surface area contributed by atoms with E-state index >= 15 is 0 Å². The summed E-state index contributed by atoms with van der Waals surface area (Å²) in [4.78, 5) is 27.4. The van der Waals surface area contributed by atoms with Crippen molar-refractivity contribution in [1.82, 2.24) is 15.5 Å². The molecule has 2 N–H and O–H groups in total. The number of carbonyl (C=O) groups is 2. The molecule has 24 heavy (non-hydrogen) atoms. The van der Waals surface area contributed by atoms with Gasteiger partial charge in [0.25, 0.3) is 17.6 Å². The highest BCUT2D eigenvalue weighted by molar-refractivity contribution is 5.93. The van der Waals surface area contributed by atoms with Crippen molar-refractivity contribution in [3.63, 3.8) is 0 Å². The molecule has 1 amide bonds. The fourth-order valence-electron chi connectivity index (χ4n) is 2.08. The number of aliphatic carboxylic acids is 1. The Morgan fingerprint density at radius 2 is 2.17 bits per heavy atom. The molecule has 2 rings (SSSR count). The summed E-state index contributed by atoms with van der Waals surface area (Å²) < 4.78 is 10.2. The molecule has 0 aliphatic heterocycles. The summed E-state index contributed by atoms with van der Waals surface area (Å²) in [5, 5.41) is 15.3. The van der Waals surface area contributed by atoms with Crippen molar-refractivity contribution in [2.45, 2.75) is 26.3 Å². The molecular weight excluding hydrogens is 314 g/mol. The second kappa shape index (κ2) is 7.58. The summed E-state index contributed by atoms with van der Waals surface area (Å²) in [7, 11) is 1.53. The van der Waals surface area contributed by atoms with Gasteiger partial charge in [0.15, 0.2) is 0 Å². The Labute approximate surface area is 138 Å². The monoisotopic (exact) mass is 333 g/mol. The number of nitrogens with one attached hydrogen (secondary N) is 1. The van der Waals surface area contributed by atoms with E-state index in [1.54, 1.807) is 31.2 Å². The third-order valence-corrected chi connectivity index (χ3v) is 3.71. The number of hydrogen-bond acceptors (Lipinski definition) is 6. The highest BCUT2D eigenvalue weighted by atomic mass is 16.5. The van der Waals surface area contributed by atoms with Crippen LogP contribution in [0.2, 0.25) is 0 Å². The summed E-state index contributed by atoms with van der Waals surface area (Å²) in [5.41, 5.74) is 0.595. The van der Waals surface area contributed by atoms with Gasteiger partial charge in [0.1, 0.15) is 11.8 Å². The molecule has 2 atom stereocenters. The maximum absolute atomic E-state index is 12.2. The molecular formula is C16H19N3O5. The smallest absolute Gasteiger partial charge is 0.326 e. The molecule has 8 heteroatoms. The Kier molecular flexibility index (Phi) is 5.51. The highest BCUT2D eigenvalue weighted by Crippen LogP contribution is 2.22. The number of rotatable bonds is 7. The summed E-state index contributed by atoms with van der Waals surface area (Å²) in [6, 6.07) is 5.92. The molecule has 0 radical (unpaired) electrons. The molecule has 0 aliphatic carbocycles. The number of carboxylic acid groups (broad SMARTS) is 1. The van der Waals surface area contributed by atoms with E-state index in [1.165, 1.54) is 7.11 Å². The lowest BCUT2D eigenvalue weighted by Crippen LogP contribution is -2.45. The minimum atomic E-state index is -1.10. The maximum atomic E-state index is 12.2. The third-order valence-electron chi connectivity index (χ3n) is 3.71. The van der Waals surface area contributed by atoms with E-state index in [9.17, 15) is 14.7 Å². The van der Waals surface area contributed by atoms with Crippen LogP contribution in [0.5, 0.6) is 5.75 Å². The Morgan fingerprint density at radius 1 is 1.42 bits per heavy atom. The Bertz CT molecular complexity index is 728. The van der Waals surface area contributed by atoms with E-state index < -0.39 is 17.9 Å². The quantitative estimate of drug-likeness (QED) is 0.796. The fraction of sp³-hybridized carbons (Fsp3) is 0.375. The van der Waals surface area contributed by atoms with Crippen molar-refractivity contribution in [2.75, 3.05) is 7.11 Å². The van der Waals surface area contributed by atoms with E-state index in [4.69, 9.17) is 9.26 Å². The zero-order valence-electron chi connectivity index (χ0n) is 13.6.